The largest absolute Gasteiger partial charge is 0.494 e. The van der Waals surface area contributed by atoms with Gasteiger partial charge in [0.25, 0.3) is 5.91 Å². The van der Waals surface area contributed by atoms with Gasteiger partial charge in [0.1, 0.15) is 0 Å². The predicted octanol–water partition coefficient (Wildman–Crippen LogP) is 3.87. The lowest BCUT2D eigenvalue weighted by Crippen LogP contribution is -2.41. The van der Waals surface area contributed by atoms with E-state index in [-0.39, 0.29) is 5.78 Å². The van der Waals surface area contributed by atoms with E-state index in [1.807, 2.05) is 52.0 Å². The molecule has 0 aliphatic carbocycles. The number of amides is 1. The molecule has 1 aliphatic heterocycles. The molecule has 6 heteroatoms. The van der Waals surface area contributed by atoms with E-state index in [0.717, 1.165) is 30.3 Å². The van der Waals surface area contributed by atoms with E-state index in [2.05, 4.69) is 6.92 Å². The normalized spacial score (nSPS) is 17.4. The van der Waals surface area contributed by atoms with Gasteiger partial charge in [-0.25, -0.2) is 0 Å². The van der Waals surface area contributed by atoms with E-state index < -0.39 is 24.2 Å². The first-order chi connectivity index (χ1) is 13.6. The van der Waals surface area contributed by atoms with Crippen molar-refractivity contribution in [3.8, 4) is 0 Å². The molecular formula is C23H36BNO4. The Balaban J connectivity index is 1.92. The molecule has 0 radical (unpaired) electrons. The number of hydrogen-bond acceptors (Lipinski definition) is 4. The lowest BCUT2D eigenvalue weighted by atomic mass is 9.78. The minimum atomic E-state index is -0.439. The molecule has 5 nitrogen and oxygen atoms in total. The molecule has 1 aromatic carbocycles. The van der Waals surface area contributed by atoms with Gasteiger partial charge in [0, 0.05) is 20.0 Å². The van der Waals surface area contributed by atoms with Crippen molar-refractivity contribution in [2.75, 3.05) is 7.05 Å². The summed E-state index contributed by atoms with van der Waals surface area (Å²) < 4.78 is 12.2. The average Bonchev–Trinajstić information content (AvgIpc) is 2.88. The third-order valence-corrected chi connectivity index (χ3v) is 5.99. The first-order valence-electron chi connectivity index (χ1n) is 10.8. The van der Waals surface area contributed by atoms with Gasteiger partial charge < -0.3 is 14.2 Å². The Hall–Kier alpha value is -1.66. The summed E-state index contributed by atoms with van der Waals surface area (Å²) in [7, 11) is 1.24. The van der Waals surface area contributed by atoms with Crippen molar-refractivity contribution < 1.29 is 18.9 Å². The smallest absolute Gasteiger partial charge is 0.399 e. The molecular weight excluding hydrogens is 365 g/mol. The topological polar surface area (TPSA) is 55.8 Å². The summed E-state index contributed by atoms with van der Waals surface area (Å²) in [5.41, 5.74) is 1.07. The Morgan fingerprint density at radius 3 is 2.24 bits per heavy atom. The van der Waals surface area contributed by atoms with Gasteiger partial charge in [0.15, 0.2) is 0 Å². The SMILES string of the molecule is CCCCCCCC(=O)C(=O)N(C)Cc1cccc(B2OC(C)(C)C(C)(C)O2)c1. The molecule has 0 atom stereocenters. The molecule has 1 heterocycles. The van der Waals surface area contributed by atoms with Crippen molar-refractivity contribution in [1.82, 2.24) is 4.90 Å². The average molecular weight is 401 g/mol. The molecule has 1 fully saturated rings. The first kappa shape index (κ1) is 23.6. The summed E-state index contributed by atoms with van der Waals surface area (Å²) in [5.74, 6) is -0.715. The third kappa shape index (κ3) is 6.16. The Bertz CT molecular complexity index is 701. The number of unbranched alkanes of at least 4 members (excludes halogenated alkanes) is 4. The van der Waals surface area contributed by atoms with E-state index >= 15 is 0 Å². The standard InChI is InChI=1S/C23H36BNO4/c1-7-8-9-10-11-15-20(26)21(27)25(6)17-18-13-12-14-19(16-18)24-28-22(2,3)23(4,5)29-24/h12-14,16H,7-11,15,17H2,1-6H3. The van der Waals surface area contributed by atoms with Crippen LogP contribution in [0.2, 0.25) is 0 Å². The lowest BCUT2D eigenvalue weighted by molar-refractivity contribution is -0.144. The van der Waals surface area contributed by atoms with Crippen LogP contribution in [0.5, 0.6) is 0 Å². The van der Waals surface area contributed by atoms with Crippen LogP contribution in [-0.4, -0.2) is 42.0 Å². The minimum absolute atomic E-state index is 0.300. The van der Waals surface area contributed by atoms with E-state index in [4.69, 9.17) is 9.31 Å². The second-order valence-electron chi connectivity index (χ2n) is 9.08. The fourth-order valence-corrected chi connectivity index (χ4v) is 3.37. The summed E-state index contributed by atoms with van der Waals surface area (Å²) in [6.45, 7) is 10.6. The van der Waals surface area contributed by atoms with Crippen molar-refractivity contribution in [1.29, 1.82) is 0 Å². The van der Waals surface area contributed by atoms with E-state index in [1.54, 1.807) is 7.05 Å². The maximum atomic E-state index is 12.4. The highest BCUT2D eigenvalue weighted by molar-refractivity contribution is 6.62. The van der Waals surface area contributed by atoms with Crippen LogP contribution in [-0.2, 0) is 25.4 Å². The second-order valence-corrected chi connectivity index (χ2v) is 9.08. The highest BCUT2D eigenvalue weighted by Gasteiger charge is 2.51. The van der Waals surface area contributed by atoms with Crippen LogP contribution in [0.3, 0.4) is 0 Å². The fraction of sp³-hybridized carbons (Fsp3) is 0.652. The van der Waals surface area contributed by atoms with Gasteiger partial charge in [-0.15, -0.1) is 0 Å². The predicted molar refractivity (Wildman–Crippen MR) is 117 cm³/mol. The molecule has 160 valence electrons. The van der Waals surface area contributed by atoms with Crippen LogP contribution in [0.15, 0.2) is 24.3 Å². The van der Waals surface area contributed by atoms with Gasteiger partial charge >= 0.3 is 7.12 Å². The lowest BCUT2D eigenvalue weighted by Gasteiger charge is -2.32. The second kappa shape index (κ2) is 9.90. The quantitative estimate of drug-likeness (QED) is 0.339. The maximum Gasteiger partial charge on any atom is 0.494 e. The van der Waals surface area contributed by atoms with Gasteiger partial charge in [0.2, 0.25) is 5.78 Å². The van der Waals surface area contributed by atoms with Crippen LogP contribution in [0, 0.1) is 0 Å². The van der Waals surface area contributed by atoms with Crippen LogP contribution >= 0.6 is 0 Å². The van der Waals surface area contributed by atoms with E-state index in [9.17, 15) is 9.59 Å². The number of carbonyl (C=O) groups excluding carboxylic acids is 2. The Morgan fingerprint density at radius 2 is 1.62 bits per heavy atom. The molecule has 0 unspecified atom stereocenters. The van der Waals surface area contributed by atoms with Gasteiger partial charge in [-0.05, 0) is 45.1 Å². The molecule has 1 amide bonds. The molecule has 0 aromatic heterocycles. The number of carbonyl (C=O) groups is 2. The Morgan fingerprint density at radius 1 is 1.00 bits per heavy atom. The third-order valence-electron chi connectivity index (χ3n) is 5.99. The molecule has 0 bridgehead atoms. The van der Waals surface area contributed by atoms with E-state index in [1.165, 1.54) is 17.7 Å². The molecule has 2 rings (SSSR count). The molecule has 1 saturated heterocycles. The summed E-state index contributed by atoms with van der Waals surface area (Å²) in [4.78, 5) is 26.1. The Labute approximate surface area is 176 Å². The summed E-state index contributed by atoms with van der Waals surface area (Å²) in [6.07, 6.45) is 5.60. The number of likely N-dealkylation sites (N-methyl/N-ethyl adjacent to an activating group) is 1. The van der Waals surface area contributed by atoms with Crippen molar-refractivity contribution >= 4 is 24.3 Å². The van der Waals surface area contributed by atoms with Crippen LogP contribution in [0.25, 0.3) is 0 Å². The van der Waals surface area contributed by atoms with Crippen molar-refractivity contribution in [2.24, 2.45) is 0 Å². The molecule has 0 N–H and O–H groups in total. The van der Waals surface area contributed by atoms with Crippen molar-refractivity contribution in [3.63, 3.8) is 0 Å². The molecule has 0 saturated carbocycles. The minimum Gasteiger partial charge on any atom is -0.399 e. The van der Waals surface area contributed by atoms with Crippen LogP contribution < -0.4 is 5.46 Å². The highest BCUT2D eigenvalue weighted by atomic mass is 16.7. The molecule has 1 aromatic rings. The fourth-order valence-electron chi connectivity index (χ4n) is 3.37. The van der Waals surface area contributed by atoms with Gasteiger partial charge in [-0.3, -0.25) is 9.59 Å². The van der Waals surface area contributed by atoms with Crippen molar-refractivity contribution in [3.05, 3.63) is 29.8 Å². The number of benzene rings is 1. The van der Waals surface area contributed by atoms with Crippen molar-refractivity contribution in [2.45, 2.75) is 90.9 Å². The number of hydrogen-bond donors (Lipinski definition) is 0. The highest BCUT2D eigenvalue weighted by Crippen LogP contribution is 2.36. The molecule has 0 spiro atoms. The molecule has 1 aliphatic rings. The number of rotatable bonds is 10. The zero-order chi connectivity index (χ0) is 21.7. The summed E-state index contributed by atoms with van der Waals surface area (Å²) >= 11 is 0. The van der Waals surface area contributed by atoms with E-state index in [0.29, 0.717) is 13.0 Å². The first-order valence-corrected chi connectivity index (χ1v) is 10.8. The zero-order valence-electron chi connectivity index (χ0n) is 18.9. The summed E-state index contributed by atoms with van der Waals surface area (Å²) in [5, 5.41) is 0. The van der Waals surface area contributed by atoms with Crippen LogP contribution in [0.4, 0.5) is 0 Å². The number of nitrogens with zero attached hydrogens (tertiary/aromatic N) is 1. The maximum absolute atomic E-state index is 12.4. The molecule has 29 heavy (non-hydrogen) atoms. The zero-order valence-corrected chi connectivity index (χ0v) is 18.9. The Kier molecular flexibility index (Phi) is 8.06. The number of Topliss-reactive ketones (excluding diaryl/α,β-unsaturated/α-hetero) is 1. The van der Waals surface area contributed by atoms with Gasteiger partial charge in [-0.2, -0.15) is 0 Å². The number of ketones is 1. The monoisotopic (exact) mass is 401 g/mol. The summed E-state index contributed by atoms with van der Waals surface area (Å²) in [6, 6.07) is 7.84. The van der Waals surface area contributed by atoms with Gasteiger partial charge in [-0.1, -0.05) is 56.9 Å². The van der Waals surface area contributed by atoms with Crippen LogP contribution in [0.1, 0.15) is 78.7 Å². The van der Waals surface area contributed by atoms with Gasteiger partial charge in [0.05, 0.1) is 11.2 Å².